The summed E-state index contributed by atoms with van der Waals surface area (Å²) >= 11 is 0. The molecule has 11 nitrogen and oxygen atoms in total. The fourth-order valence-electron chi connectivity index (χ4n) is 3.53. The molecule has 3 N–H and O–H groups in total. The first-order chi connectivity index (χ1) is 18.2. The van der Waals surface area contributed by atoms with Crippen molar-refractivity contribution < 1.29 is 55.7 Å². The Hall–Kier alpha value is -4.02. The third-order valence-electron chi connectivity index (χ3n) is 5.33. The van der Waals surface area contributed by atoms with Crippen molar-refractivity contribution in [2.75, 3.05) is 18.0 Å². The maximum atomic E-state index is 12.4. The van der Waals surface area contributed by atoms with Crippen LogP contribution < -0.4 is 10.2 Å². The molecule has 0 aromatic carbocycles. The summed E-state index contributed by atoms with van der Waals surface area (Å²) in [4.78, 5) is 45.2. The Kier molecular flexibility index (Phi) is 10.9. The summed E-state index contributed by atoms with van der Waals surface area (Å²) < 4.78 is 69.5. The van der Waals surface area contributed by atoms with Crippen molar-refractivity contribution in [2.45, 2.75) is 43.9 Å². The van der Waals surface area contributed by atoms with E-state index in [-0.39, 0.29) is 18.1 Å². The summed E-state index contributed by atoms with van der Waals surface area (Å²) in [5.74, 6) is -4.42. The zero-order valence-electron chi connectivity index (χ0n) is 19.9. The van der Waals surface area contributed by atoms with Crippen LogP contribution in [0.3, 0.4) is 0 Å². The largest absolute Gasteiger partial charge is 0.490 e. The molecule has 0 spiro atoms. The summed E-state index contributed by atoms with van der Waals surface area (Å²) in [6.07, 6.45) is -3.49. The Balaban J connectivity index is 0.000000317. The highest BCUT2D eigenvalue weighted by atomic mass is 19.4. The monoisotopic (exact) mass is 567 g/mol. The van der Waals surface area contributed by atoms with E-state index in [0.29, 0.717) is 12.5 Å². The molecule has 0 saturated carbocycles. The van der Waals surface area contributed by atoms with E-state index in [0.717, 1.165) is 37.6 Å². The number of nitrogens with one attached hydrogen (secondary N) is 1. The number of aromatic nitrogens is 3. The third kappa shape index (κ3) is 10.3. The third-order valence-corrected chi connectivity index (χ3v) is 5.33. The molecule has 0 bridgehead atoms. The molecule has 214 valence electrons. The molecule has 2 saturated heterocycles. The maximum absolute atomic E-state index is 12.4. The van der Waals surface area contributed by atoms with Gasteiger partial charge in [-0.15, -0.1) is 0 Å². The van der Waals surface area contributed by atoms with Gasteiger partial charge < -0.3 is 25.2 Å². The molecule has 2 aromatic heterocycles. The number of fused-ring (bicyclic) bond motifs is 1. The van der Waals surface area contributed by atoms with Crippen LogP contribution >= 0.6 is 0 Å². The molecule has 0 unspecified atom stereocenters. The molecule has 2 fully saturated rings. The zero-order valence-corrected chi connectivity index (χ0v) is 19.9. The van der Waals surface area contributed by atoms with Crippen molar-refractivity contribution >= 4 is 23.8 Å². The molecular formula is C22H23F6N5O6. The Bertz CT molecular complexity index is 1070. The Labute approximate surface area is 216 Å². The number of carbonyl (C=O) groups is 3. The van der Waals surface area contributed by atoms with Crippen molar-refractivity contribution in [2.24, 2.45) is 5.92 Å². The van der Waals surface area contributed by atoms with Gasteiger partial charge in [0, 0.05) is 31.7 Å². The summed E-state index contributed by atoms with van der Waals surface area (Å²) in [6, 6.07) is 7.48. The van der Waals surface area contributed by atoms with Crippen LogP contribution in [0.4, 0.5) is 32.3 Å². The highest BCUT2D eigenvalue weighted by Crippen LogP contribution is 2.34. The van der Waals surface area contributed by atoms with E-state index < -0.39 is 24.3 Å². The van der Waals surface area contributed by atoms with Crippen molar-refractivity contribution in [3.8, 4) is 0 Å². The highest BCUT2D eigenvalue weighted by Gasteiger charge is 2.42. The highest BCUT2D eigenvalue weighted by molar-refractivity contribution is 5.81. The fraction of sp³-hybridized carbons (Fsp3) is 0.455. The van der Waals surface area contributed by atoms with E-state index in [4.69, 9.17) is 24.5 Å². The van der Waals surface area contributed by atoms with Crippen LogP contribution in [0.5, 0.6) is 0 Å². The minimum Gasteiger partial charge on any atom is -0.475 e. The summed E-state index contributed by atoms with van der Waals surface area (Å²) in [5, 5.41) is 17.2. The SMILES string of the molecule is O=C(NCc1ccccn1)[C@@H]1C[C@@H]2CCN(c3ncccn3)C[C@@H]2O1.O=C(O)C(F)(F)F.O=C(O)C(F)(F)F. The van der Waals surface area contributed by atoms with E-state index in [2.05, 4.69) is 25.2 Å². The van der Waals surface area contributed by atoms with Gasteiger partial charge >= 0.3 is 24.3 Å². The predicted molar refractivity (Wildman–Crippen MR) is 119 cm³/mol. The normalized spacial score (nSPS) is 20.4. The topological polar surface area (TPSA) is 155 Å². The quantitative estimate of drug-likeness (QED) is 0.470. The fourth-order valence-corrected chi connectivity index (χ4v) is 3.53. The first-order valence-electron chi connectivity index (χ1n) is 11.1. The Morgan fingerprint density at radius 3 is 2.03 bits per heavy atom. The second-order valence-electron chi connectivity index (χ2n) is 8.09. The lowest BCUT2D eigenvalue weighted by Gasteiger charge is -2.33. The molecule has 3 atom stereocenters. The van der Waals surface area contributed by atoms with Gasteiger partial charge in [0.2, 0.25) is 11.9 Å². The minimum atomic E-state index is -5.08. The van der Waals surface area contributed by atoms with Crippen LogP contribution in [-0.2, 0) is 25.7 Å². The minimum absolute atomic E-state index is 0.0532. The summed E-state index contributed by atoms with van der Waals surface area (Å²) in [7, 11) is 0. The number of pyridine rings is 1. The van der Waals surface area contributed by atoms with Gasteiger partial charge in [0.05, 0.1) is 18.3 Å². The van der Waals surface area contributed by atoms with Crippen LogP contribution in [0.1, 0.15) is 18.5 Å². The Morgan fingerprint density at radius 1 is 0.949 bits per heavy atom. The number of carboxylic acid groups (broad SMARTS) is 2. The predicted octanol–water partition coefficient (Wildman–Crippen LogP) is 2.44. The van der Waals surface area contributed by atoms with Crippen LogP contribution in [0.15, 0.2) is 42.9 Å². The lowest BCUT2D eigenvalue weighted by Crippen LogP contribution is -2.43. The summed E-state index contributed by atoms with van der Waals surface area (Å²) in [6.45, 7) is 2.06. The summed E-state index contributed by atoms with van der Waals surface area (Å²) in [5.41, 5.74) is 0.846. The number of nitrogens with zero attached hydrogens (tertiary/aromatic N) is 4. The number of aliphatic carboxylic acids is 2. The second kappa shape index (κ2) is 13.7. The molecule has 2 aliphatic heterocycles. The lowest BCUT2D eigenvalue weighted by molar-refractivity contribution is -0.193. The van der Waals surface area contributed by atoms with Gasteiger partial charge in [0.25, 0.3) is 0 Å². The van der Waals surface area contributed by atoms with Crippen molar-refractivity contribution in [3.05, 3.63) is 48.5 Å². The van der Waals surface area contributed by atoms with Crippen molar-refractivity contribution in [3.63, 3.8) is 0 Å². The van der Waals surface area contributed by atoms with Crippen LogP contribution in [0.2, 0.25) is 0 Å². The van der Waals surface area contributed by atoms with Crippen LogP contribution in [-0.4, -0.2) is 80.7 Å². The van der Waals surface area contributed by atoms with Crippen molar-refractivity contribution in [1.82, 2.24) is 20.3 Å². The lowest BCUT2D eigenvalue weighted by atomic mass is 9.92. The number of ether oxygens (including phenoxy) is 1. The van der Waals surface area contributed by atoms with Gasteiger partial charge in [-0.3, -0.25) is 9.78 Å². The number of carbonyl (C=O) groups excluding carboxylic acids is 1. The van der Waals surface area contributed by atoms with Gasteiger partial charge in [-0.1, -0.05) is 6.07 Å². The second-order valence-corrected chi connectivity index (χ2v) is 8.09. The molecule has 4 heterocycles. The molecule has 2 aliphatic rings. The van der Waals surface area contributed by atoms with Crippen LogP contribution in [0.25, 0.3) is 0 Å². The standard InChI is InChI=1S/C18H21N5O2.2C2HF3O2/c24-17(22-11-14-4-1-2-6-19-14)15-10-13-5-9-23(12-16(13)25-15)18-20-7-3-8-21-18;2*3-2(4,5)1(6)7/h1-4,6-8,13,15-16H,5,9-12H2,(H,22,24);2*(H,6,7)/t13-,15-,16-;;/m0../s1. The smallest absolute Gasteiger partial charge is 0.475 e. The number of hydrogen-bond donors (Lipinski definition) is 3. The molecule has 2 aromatic rings. The average molecular weight is 567 g/mol. The molecule has 0 radical (unpaired) electrons. The zero-order chi connectivity index (χ0) is 29.2. The van der Waals surface area contributed by atoms with E-state index in [1.54, 1.807) is 18.6 Å². The van der Waals surface area contributed by atoms with E-state index >= 15 is 0 Å². The number of alkyl halides is 6. The number of halogens is 6. The van der Waals surface area contributed by atoms with E-state index in [1.165, 1.54) is 0 Å². The molecule has 17 heteroatoms. The number of piperidine rings is 1. The number of hydrogen-bond acceptors (Lipinski definition) is 8. The molecule has 0 aliphatic carbocycles. The first kappa shape index (κ1) is 31.2. The van der Waals surface area contributed by atoms with Gasteiger partial charge in [0.1, 0.15) is 6.10 Å². The number of rotatable bonds is 4. The number of anilines is 1. The van der Waals surface area contributed by atoms with Gasteiger partial charge in [0.15, 0.2) is 0 Å². The number of carboxylic acids is 2. The average Bonchev–Trinajstić information content (AvgIpc) is 3.32. The Morgan fingerprint density at radius 2 is 1.51 bits per heavy atom. The van der Waals surface area contributed by atoms with Gasteiger partial charge in [-0.05, 0) is 37.0 Å². The van der Waals surface area contributed by atoms with E-state index in [1.807, 2.05) is 24.3 Å². The molecule has 4 rings (SSSR count). The van der Waals surface area contributed by atoms with Gasteiger partial charge in [-0.25, -0.2) is 19.6 Å². The number of amides is 1. The maximum Gasteiger partial charge on any atom is 0.490 e. The molecular weight excluding hydrogens is 544 g/mol. The van der Waals surface area contributed by atoms with Crippen molar-refractivity contribution in [1.29, 1.82) is 0 Å². The first-order valence-corrected chi connectivity index (χ1v) is 11.1. The van der Waals surface area contributed by atoms with Gasteiger partial charge in [-0.2, -0.15) is 26.3 Å². The van der Waals surface area contributed by atoms with E-state index in [9.17, 15) is 31.1 Å². The van der Waals surface area contributed by atoms with Crippen LogP contribution in [0, 0.1) is 5.92 Å². The molecule has 1 amide bonds. The molecule has 39 heavy (non-hydrogen) atoms.